The van der Waals surface area contributed by atoms with E-state index >= 15 is 0 Å². The Bertz CT molecular complexity index is 1340. The van der Waals surface area contributed by atoms with Gasteiger partial charge in [-0.05, 0) is 47.5 Å². The number of ether oxygens (including phenoxy) is 1. The van der Waals surface area contributed by atoms with E-state index in [9.17, 15) is 19.8 Å². The molecular weight excluding hydrogens is 396 g/mol. The minimum Gasteiger partial charge on any atom is -0.508 e. The van der Waals surface area contributed by atoms with Gasteiger partial charge in [-0.1, -0.05) is 30.3 Å². The van der Waals surface area contributed by atoms with Crippen molar-refractivity contribution in [3.8, 4) is 22.8 Å². The van der Waals surface area contributed by atoms with Crippen LogP contribution in [-0.2, 0) is 13.2 Å². The molecule has 1 aliphatic heterocycles. The first kappa shape index (κ1) is 18.7. The zero-order valence-corrected chi connectivity index (χ0v) is 16.3. The van der Waals surface area contributed by atoms with Gasteiger partial charge in [-0.15, -0.1) is 0 Å². The molecule has 0 atom stereocenters. The number of nitrogens with one attached hydrogen (secondary N) is 1. The van der Waals surface area contributed by atoms with Crippen molar-refractivity contribution in [3.63, 3.8) is 0 Å². The van der Waals surface area contributed by atoms with Crippen molar-refractivity contribution >= 4 is 22.9 Å². The second-order valence-electron chi connectivity index (χ2n) is 7.35. The summed E-state index contributed by atoms with van der Waals surface area (Å²) in [5, 5.41) is 23.4. The molecule has 1 aliphatic rings. The molecule has 0 saturated carbocycles. The van der Waals surface area contributed by atoms with E-state index in [4.69, 9.17) is 4.74 Å². The third-order valence-corrected chi connectivity index (χ3v) is 5.36. The third kappa shape index (κ3) is 3.26. The third-order valence-electron chi connectivity index (χ3n) is 5.36. The highest BCUT2D eigenvalue weighted by Crippen LogP contribution is 2.37. The van der Waals surface area contributed by atoms with Crippen LogP contribution in [0.25, 0.3) is 22.2 Å². The topological polar surface area (TPSA) is 101 Å². The minimum absolute atomic E-state index is 0.0284. The van der Waals surface area contributed by atoms with Gasteiger partial charge in [0.05, 0.1) is 16.8 Å². The van der Waals surface area contributed by atoms with Crippen LogP contribution in [0.1, 0.15) is 21.5 Å². The Kier molecular flexibility index (Phi) is 4.36. The predicted molar refractivity (Wildman–Crippen MR) is 114 cm³/mol. The van der Waals surface area contributed by atoms with Gasteiger partial charge in [0, 0.05) is 17.5 Å². The van der Waals surface area contributed by atoms with Crippen molar-refractivity contribution in [3.05, 3.63) is 83.4 Å². The number of benzene rings is 3. The molecule has 3 N–H and O–H groups in total. The second kappa shape index (κ2) is 7.21. The molecule has 0 saturated heterocycles. The summed E-state index contributed by atoms with van der Waals surface area (Å²) in [6, 6.07) is 19.5. The number of phenolic OH excluding ortho intramolecular Hbond substituents is 1. The standard InChI is InChI=1S/C24H18N2O5/c27-17-8-16-12-25-23(28)22(16)19(11-17)21-10-15-9-18(6-7-20(15)26(21)24(29)30)31-13-14-4-2-1-3-5-14/h1-11,27H,12-13H2,(H,25,28)(H,29,30). The van der Waals surface area contributed by atoms with E-state index in [-0.39, 0.29) is 11.7 Å². The lowest BCUT2D eigenvalue weighted by Gasteiger charge is -2.10. The van der Waals surface area contributed by atoms with E-state index in [0.717, 1.165) is 10.1 Å². The van der Waals surface area contributed by atoms with E-state index in [1.54, 1.807) is 24.3 Å². The van der Waals surface area contributed by atoms with E-state index in [1.807, 2.05) is 30.3 Å². The lowest BCUT2D eigenvalue weighted by molar-refractivity contribution is 0.0966. The zero-order chi connectivity index (χ0) is 21.5. The number of hydrogen-bond acceptors (Lipinski definition) is 4. The van der Waals surface area contributed by atoms with Crippen LogP contribution >= 0.6 is 0 Å². The molecule has 1 aromatic heterocycles. The first-order valence-corrected chi connectivity index (χ1v) is 9.71. The molecule has 0 fully saturated rings. The number of aromatic hydroxyl groups is 1. The molecule has 31 heavy (non-hydrogen) atoms. The number of hydrogen-bond donors (Lipinski definition) is 3. The summed E-state index contributed by atoms with van der Waals surface area (Å²) in [6.45, 7) is 0.680. The molecule has 154 valence electrons. The Balaban J connectivity index is 1.61. The highest BCUT2D eigenvalue weighted by Gasteiger charge is 2.27. The summed E-state index contributed by atoms with van der Waals surface area (Å²) >= 11 is 0. The van der Waals surface area contributed by atoms with E-state index in [2.05, 4.69) is 5.32 Å². The summed E-state index contributed by atoms with van der Waals surface area (Å²) in [6.07, 6.45) is -1.18. The van der Waals surface area contributed by atoms with Crippen molar-refractivity contribution in [1.82, 2.24) is 9.88 Å². The average molecular weight is 414 g/mol. The van der Waals surface area contributed by atoms with Crippen LogP contribution in [0.5, 0.6) is 11.5 Å². The molecule has 1 amide bonds. The Labute approximate surface area is 177 Å². The molecule has 0 unspecified atom stereocenters. The number of nitrogens with zero attached hydrogens (tertiary/aromatic N) is 1. The van der Waals surface area contributed by atoms with Gasteiger partial charge in [0.25, 0.3) is 5.91 Å². The molecule has 0 bridgehead atoms. The maximum absolute atomic E-state index is 12.4. The van der Waals surface area contributed by atoms with Crippen LogP contribution in [0.4, 0.5) is 4.79 Å². The summed E-state index contributed by atoms with van der Waals surface area (Å²) in [5.74, 6) is 0.280. The maximum Gasteiger partial charge on any atom is 0.416 e. The highest BCUT2D eigenvalue weighted by molar-refractivity contribution is 6.07. The largest absolute Gasteiger partial charge is 0.508 e. The summed E-state index contributed by atoms with van der Waals surface area (Å²) in [5.41, 5.74) is 3.18. The summed E-state index contributed by atoms with van der Waals surface area (Å²) in [7, 11) is 0. The van der Waals surface area contributed by atoms with Crippen molar-refractivity contribution in [2.24, 2.45) is 0 Å². The molecule has 5 rings (SSSR count). The smallest absolute Gasteiger partial charge is 0.416 e. The number of carbonyl (C=O) groups excluding carboxylic acids is 1. The SMILES string of the molecule is O=C1NCc2cc(O)cc(-c3cc4cc(OCc5ccccc5)ccc4n3C(=O)O)c21. The summed E-state index contributed by atoms with van der Waals surface area (Å²) in [4.78, 5) is 24.5. The maximum atomic E-state index is 12.4. The Morgan fingerprint density at radius 3 is 2.65 bits per heavy atom. The fourth-order valence-corrected chi connectivity index (χ4v) is 3.99. The van der Waals surface area contributed by atoms with E-state index in [1.165, 1.54) is 12.1 Å². The fourth-order valence-electron chi connectivity index (χ4n) is 3.99. The number of amides is 1. The fraction of sp³-hybridized carbons (Fsp3) is 0.0833. The Morgan fingerprint density at radius 2 is 1.87 bits per heavy atom. The average Bonchev–Trinajstić information content (AvgIpc) is 3.32. The molecule has 0 radical (unpaired) electrons. The molecule has 7 nitrogen and oxygen atoms in total. The van der Waals surface area contributed by atoms with Crippen LogP contribution in [0.2, 0.25) is 0 Å². The van der Waals surface area contributed by atoms with Gasteiger partial charge in [-0.25, -0.2) is 9.36 Å². The Morgan fingerprint density at radius 1 is 1.06 bits per heavy atom. The van der Waals surface area contributed by atoms with Crippen LogP contribution < -0.4 is 10.1 Å². The molecular formula is C24H18N2O5. The molecule has 2 heterocycles. The zero-order valence-electron chi connectivity index (χ0n) is 16.3. The van der Waals surface area contributed by atoms with Crippen molar-refractivity contribution in [2.45, 2.75) is 13.2 Å². The highest BCUT2D eigenvalue weighted by atomic mass is 16.5. The molecule has 0 spiro atoms. The normalized spacial score (nSPS) is 12.6. The van der Waals surface area contributed by atoms with Crippen molar-refractivity contribution in [2.75, 3.05) is 0 Å². The first-order valence-electron chi connectivity index (χ1n) is 9.71. The van der Waals surface area contributed by atoms with E-state index in [0.29, 0.717) is 52.2 Å². The van der Waals surface area contributed by atoms with Crippen molar-refractivity contribution < 1.29 is 24.5 Å². The molecule has 4 aromatic rings. The van der Waals surface area contributed by atoms with Gasteiger partial charge in [0.1, 0.15) is 18.1 Å². The number of carbonyl (C=O) groups is 2. The molecule has 7 heteroatoms. The number of fused-ring (bicyclic) bond motifs is 2. The van der Waals surface area contributed by atoms with Gasteiger partial charge < -0.3 is 20.3 Å². The number of rotatable bonds is 4. The van der Waals surface area contributed by atoms with Crippen LogP contribution in [0.3, 0.4) is 0 Å². The quantitative estimate of drug-likeness (QED) is 0.461. The molecule has 3 aromatic carbocycles. The van der Waals surface area contributed by atoms with Crippen molar-refractivity contribution in [1.29, 1.82) is 0 Å². The van der Waals surface area contributed by atoms with Gasteiger partial charge >= 0.3 is 6.09 Å². The number of carboxylic acid groups (broad SMARTS) is 1. The van der Waals surface area contributed by atoms with Gasteiger partial charge in [-0.2, -0.15) is 0 Å². The lowest BCUT2D eigenvalue weighted by atomic mass is 9.99. The predicted octanol–water partition coefficient (Wildman–Crippen LogP) is 4.36. The second-order valence-corrected chi connectivity index (χ2v) is 7.35. The van der Waals surface area contributed by atoms with Crippen LogP contribution in [-0.4, -0.2) is 26.8 Å². The summed E-state index contributed by atoms with van der Waals surface area (Å²) < 4.78 is 6.99. The van der Waals surface area contributed by atoms with Crippen LogP contribution in [0.15, 0.2) is 66.7 Å². The van der Waals surface area contributed by atoms with Crippen LogP contribution in [0, 0.1) is 0 Å². The van der Waals surface area contributed by atoms with Gasteiger partial charge in [0.2, 0.25) is 0 Å². The van der Waals surface area contributed by atoms with Gasteiger partial charge in [-0.3, -0.25) is 4.79 Å². The first-order chi connectivity index (χ1) is 15.0. The van der Waals surface area contributed by atoms with E-state index < -0.39 is 6.09 Å². The minimum atomic E-state index is -1.18. The monoisotopic (exact) mass is 414 g/mol. The van der Waals surface area contributed by atoms with Gasteiger partial charge in [0.15, 0.2) is 0 Å². The molecule has 0 aliphatic carbocycles. The number of aromatic nitrogens is 1. The number of phenols is 1. The Hall–Kier alpha value is -4.26. The lowest BCUT2D eigenvalue weighted by Crippen LogP contribution is -2.14.